The number of carbonyl (C=O) groups is 1. The van der Waals surface area contributed by atoms with Gasteiger partial charge in [-0.05, 0) is 12.8 Å². The number of likely N-dealkylation sites (tertiary alicyclic amines) is 1. The fourth-order valence-electron chi connectivity index (χ4n) is 2.73. The second-order valence-electron chi connectivity index (χ2n) is 5.61. The van der Waals surface area contributed by atoms with Gasteiger partial charge in [0.05, 0.1) is 12.1 Å². The molecule has 0 spiro atoms. The van der Waals surface area contributed by atoms with E-state index in [2.05, 4.69) is 13.5 Å². The summed E-state index contributed by atoms with van der Waals surface area (Å²) in [5, 5.41) is 9.60. The summed E-state index contributed by atoms with van der Waals surface area (Å²) in [6, 6.07) is 0.0343. The SMILES string of the molecule is C=C[C@H]1C[C@H](O)CN1C(=O)CCCCCCCCC. The largest absolute Gasteiger partial charge is 0.391 e. The lowest BCUT2D eigenvalue weighted by molar-refractivity contribution is -0.131. The van der Waals surface area contributed by atoms with Gasteiger partial charge in [-0.2, -0.15) is 0 Å². The van der Waals surface area contributed by atoms with Gasteiger partial charge in [-0.15, -0.1) is 6.58 Å². The maximum Gasteiger partial charge on any atom is 0.223 e. The average Bonchev–Trinajstić information content (AvgIpc) is 2.79. The zero-order chi connectivity index (χ0) is 14.1. The van der Waals surface area contributed by atoms with Crippen molar-refractivity contribution in [1.29, 1.82) is 0 Å². The number of β-amino-alcohol motifs (C(OH)–C–C–N with tert-alkyl or cyclic N) is 1. The highest BCUT2D eigenvalue weighted by Crippen LogP contribution is 2.20. The molecule has 1 N–H and O–H groups in total. The molecule has 0 radical (unpaired) electrons. The molecule has 0 unspecified atom stereocenters. The predicted molar refractivity (Wildman–Crippen MR) is 78.9 cm³/mol. The van der Waals surface area contributed by atoms with Crippen molar-refractivity contribution in [2.75, 3.05) is 6.54 Å². The lowest BCUT2D eigenvalue weighted by atomic mass is 10.1. The van der Waals surface area contributed by atoms with Crippen molar-refractivity contribution < 1.29 is 9.90 Å². The Bertz CT molecular complexity index is 278. The van der Waals surface area contributed by atoms with E-state index in [-0.39, 0.29) is 18.1 Å². The van der Waals surface area contributed by atoms with Gasteiger partial charge in [-0.25, -0.2) is 0 Å². The van der Waals surface area contributed by atoms with Crippen molar-refractivity contribution in [3.63, 3.8) is 0 Å². The Morgan fingerprint density at radius 1 is 1.26 bits per heavy atom. The van der Waals surface area contributed by atoms with Crippen LogP contribution in [0.15, 0.2) is 12.7 Å². The highest BCUT2D eigenvalue weighted by atomic mass is 16.3. The van der Waals surface area contributed by atoms with Gasteiger partial charge in [-0.3, -0.25) is 4.79 Å². The Morgan fingerprint density at radius 3 is 2.53 bits per heavy atom. The Kier molecular flexibility index (Phi) is 7.80. The molecular formula is C16H29NO2. The minimum Gasteiger partial charge on any atom is -0.391 e. The molecule has 1 rings (SSSR count). The molecule has 0 bridgehead atoms. The molecule has 1 saturated heterocycles. The lowest BCUT2D eigenvalue weighted by Gasteiger charge is -2.21. The molecule has 1 heterocycles. The predicted octanol–water partition coefficient (Wildman–Crippen LogP) is 3.27. The summed E-state index contributed by atoms with van der Waals surface area (Å²) in [5.41, 5.74) is 0. The number of amides is 1. The zero-order valence-corrected chi connectivity index (χ0v) is 12.3. The van der Waals surface area contributed by atoms with E-state index in [1.165, 1.54) is 32.1 Å². The first-order chi connectivity index (χ1) is 9.19. The Labute approximate surface area is 117 Å². The molecule has 3 nitrogen and oxygen atoms in total. The molecule has 0 aliphatic carbocycles. The number of unbranched alkanes of at least 4 members (excludes halogenated alkanes) is 6. The van der Waals surface area contributed by atoms with E-state index in [4.69, 9.17) is 0 Å². The number of carbonyl (C=O) groups excluding carboxylic acids is 1. The molecule has 1 fully saturated rings. The quantitative estimate of drug-likeness (QED) is 0.514. The second-order valence-corrected chi connectivity index (χ2v) is 5.61. The summed E-state index contributed by atoms with van der Waals surface area (Å²) in [7, 11) is 0. The van der Waals surface area contributed by atoms with Crippen LogP contribution in [0.4, 0.5) is 0 Å². The number of nitrogens with zero attached hydrogens (tertiary/aromatic N) is 1. The molecule has 110 valence electrons. The molecule has 1 aliphatic heterocycles. The van der Waals surface area contributed by atoms with Crippen LogP contribution < -0.4 is 0 Å². The molecule has 0 saturated carbocycles. The zero-order valence-electron chi connectivity index (χ0n) is 12.3. The smallest absolute Gasteiger partial charge is 0.223 e. The highest BCUT2D eigenvalue weighted by Gasteiger charge is 2.31. The van der Waals surface area contributed by atoms with Crippen LogP contribution in [0.5, 0.6) is 0 Å². The maximum absolute atomic E-state index is 12.1. The molecule has 1 aliphatic rings. The van der Waals surface area contributed by atoms with Crippen molar-refractivity contribution >= 4 is 5.91 Å². The number of hydrogen-bond acceptors (Lipinski definition) is 2. The van der Waals surface area contributed by atoms with Gasteiger partial charge in [0.25, 0.3) is 0 Å². The molecule has 19 heavy (non-hydrogen) atoms. The van der Waals surface area contributed by atoms with Crippen molar-refractivity contribution in [1.82, 2.24) is 4.90 Å². The van der Waals surface area contributed by atoms with Crippen molar-refractivity contribution in [3.8, 4) is 0 Å². The topological polar surface area (TPSA) is 40.5 Å². The van der Waals surface area contributed by atoms with E-state index in [1.807, 2.05) is 0 Å². The molecule has 0 aromatic heterocycles. The monoisotopic (exact) mass is 267 g/mol. The third kappa shape index (κ3) is 5.77. The van der Waals surface area contributed by atoms with E-state index in [1.54, 1.807) is 11.0 Å². The minimum absolute atomic E-state index is 0.0343. The van der Waals surface area contributed by atoms with Crippen LogP contribution in [0.1, 0.15) is 64.7 Å². The van der Waals surface area contributed by atoms with E-state index in [9.17, 15) is 9.90 Å². The van der Waals surface area contributed by atoms with Crippen molar-refractivity contribution in [2.24, 2.45) is 0 Å². The van der Waals surface area contributed by atoms with Crippen LogP contribution in [0.2, 0.25) is 0 Å². The summed E-state index contributed by atoms with van der Waals surface area (Å²) in [4.78, 5) is 13.8. The third-order valence-corrected chi connectivity index (χ3v) is 3.91. The molecule has 2 atom stereocenters. The van der Waals surface area contributed by atoms with Crippen molar-refractivity contribution in [3.05, 3.63) is 12.7 Å². The Balaban J connectivity index is 2.12. The summed E-state index contributed by atoms with van der Waals surface area (Å²) in [6.45, 7) is 6.44. The standard InChI is InChI=1S/C16H29NO2/c1-3-5-6-7-8-9-10-11-16(19)17-13-15(18)12-14(17)4-2/h4,14-15,18H,2-3,5-13H2,1H3/t14-,15-/m0/s1. The van der Waals surface area contributed by atoms with E-state index in [0.717, 1.165) is 12.8 Å². The summed E-state index contributed by atoms with van der Waals surface area (Å²) in [6.07, 6.45) is 11.2. The molecular weight excluding hydrogens is 238 g/mol. The maximum atomic E-state index is 12.1. The second kappa shape index (κ2) is 9.13. The fourth-order valence-corrected chi connectivity index (χ4v) is 2.73. The van der Waals surface area contributed by atoms with Gasteiger partial charge in [0, 0.05) is 13.0 Å². The summed E-state index contributed by atoms with van der Waals surface area (Å²) >= 11 is 0. The van der Waals surface area contributed by atoms with E-state index >= 15 is 0 Å². The van der Waals surface area contributed by atoms with Gasteiger partial charge >= 0.3 is 0 Å². The van der Waals surface area contributed by atoms with Gasteiger partial charge in [0.15, 0.2) is 0 Å². The van der Waals surface area contributed by atoms with Crippen molar-refractivity contribution in [2.45, 2.75) is 76.9 Å². The van der Waals surface area contributed by atoms with Crippen LogP contribution in [0, 0.1) is 0 Å². The molecule has 1 amide bonds. The molecule has 0 aromatic carbocycles. The average molecular weight is 267 g/mol. The fraction of sp³-hybridized carbons (Fsp3) is 0.812. The first kappa shape index (κ1) is 16.2. The summed E-state index contributed by atoms with van der Waals surface area (Å²) in [5.74, 6) is 0.176. The molecule has 0 aromatic rings. The first-order valence-corrected chi connectivity index (χ1v) is 7.79. The van der Waals surface area contributed by atoms with E-state index in [0.29, 0.717) is 19.4 Å². The third-order valence-electron chi connectivity index (χ3n) is 3.91. The molecule has 3 heteroatoms. The van der Waals surface area contributed by atoms with Gasteiger partial charge in [-0.1, -0.05) is 51.5 Å². The van der Waals surface area contributed by atoms with Crippen LogP contribution in [-0.4, -0.2) is 34.6 Å². The van der Waals surface area contributed by atoms with Gasteiger partial charge in [0.1, 0.15) is 0 Å². The first-order valence-electron chi connectivity index (χ1n) is 7.79. The Morgan fingerprint density at radius 2 is 1.89 bits per heavy atom. The summed E-state index contributed by atoms with van der Waals surface area (Å²) < 4.78 is 0. The number of aliphatic hydroxyl groups excluding tert-OH is 1. The van der Waals surface area contributed by atoms with Crippen LogP contribution in [0.3, 0.4) is 0 Å². The number of hydrogen-bond donors (Lipinski definition) is 1. The lowest BCUT2D eigenvalue weighted by Crippen LogP contribution is -2.34. The van der Waals surface area contributed by atoms with Gasteiger partial charge in [0.2, 0.25) is 5.91 Å². The Hall–Kier alpha value is -0.830. The number of aliphatic hydroxyl groups is 1. The normalized spacial score (nSPS) is 22.7. The van der Waals surface area contributed by atoms with Crippen LogP contribution in [-0.2, 0) is 4.79 Å². The number of rotatable bonds is 9. The van der Waals surface area contributed by atoms with E-state index < -0.39 is 0 Å². The van der Waals surface area contributed by atoms with Crippen LogP contribution in [0.25, 0.3) is 0 Å². The van der Waals surface area contributed by atoms with Crippen LogP contribution >= 0.6 is 0 Å². The minimum atomic E-state index is -0.374. The van der Waals surface area contributed by atoms with Gasteiger partial charge < -0.3 is 10.0 Å². The highest BCUT2D eigenvalue weighted by molar-refractivity contribution is 5.77.